The molecule has 0 aliphatic heterocycles. The Bertz CT molecular complexity index is 954. The topological polar surface area (TPSA) is 38.2 Å². The fourth-order valence-corrected chi connectivity index (χ4v) is 3.98. The number of aromatic nitrogens is 2. The Kier molecular flexibility index (Phi) is 8.83. The first-order valence-corrected chi connectivity index (χ1v) is 11.0. The zero-order chi connectivity index (χ0) is 21.0. The lowest BCUT2D eigenvalue weighted by molar-refractivity contribution is 0.299. The smallest absolute Gasteiger partial charge is 0.299 e. The van der Waals surface area contributed by atoms with Crippen molar-refractivity contribution in [2.24, 2.45) is 5.92 Å². The van der Waals surface area contributed by atoms with Gasteiger partial charge >= 0.3 is 0 Å². The molecule has 0 atom stereocenters. The van der Waals surface area contributed by atoms with Gasteiger partial charge in [0.2, 0.25) is 0 Å². The Morgan fingerprint density at radius 2 is 1.73 bits per heavy atom. The maximum absolute atomic E-state index is 6.08. The molecule has 0 aliphatic carbocycles. The van der Waals surface area contributed by atoms with E-state index in [-0.39, 0.29) is 12.4 Å². The molecule has 0 fully saturated rings. The van der Waals surface area contributed by atoms with Crippen LogP contribution in [0.2, 0.25) is 0 Å². The van der Waals surface area contributed by atoms with Gasteiger partial charge in [0.05, 0.1) is 0 Å². The molecule has 0 aliphatic rings. The molecule has 0 spiro atoms. The molecular formula is C24H32ClN3OS. The second-order valence-corrected chi connectivity index (χ2v) is 9.02. The number of aryl methyl sites for hydroxylation is 3. The highest BCUT2D eigenvalue weighted by Crippen LogP contribution is 2.31. The summed E-state index contributed by atoms with van der Waals surface area (Å²) in [7, 11) is 2.20. The van der Waals surface area contributed by atoms with Crippen LogP contribution in [0.15, 0.2) is 36.4 Å². The van der Waals surface area contributed by atoms with Crippen LogP contribution < -0.4 is 4.74 Å². The van der Waals surface area contributed by atoms with Crippen molar-refractivity contribution in [3.05, 3.63) is 58.7 Å². The average molecular weight is 446 g/mol. The van der Waals surface area contributed by atoms with Crippen molar-refractivity contribution < 1.29 is 4.74 Å². The summed E-state index contributed by atoms with van der Waals surface area (Å²) >= 11 is 1.29. The van der Waals surface area contributed by atoms with Crippen LogP contribution in [-0.4, -0.2) is 34.4 Å². The van der Waals surface area contributed by atoms with Gasteiger partial charge in [-0.2, -0.15) is 9.36 Å². The van der Waals surface area contributed by atoms with Crippen LogP contribution in [0.4, 0.5) is 0 Å². The van der Waals surface area contributed by atoms with Gasteiger partial charge < -0.3 is 9.64 Å². The van der Waals surface area contributed by atoms with E-state index in [9.17, 15) is 0 Å². The number of ether oxygens (including phenoxy) is 1. The van der Waals surface area contributed by atoms with Crippen LogP contribution in [0.25, 0.3) is 11.4 Å². The quantitative estimate of drug-likeness (QED) is 0.398. The van der Waals surface area contributed by atoms with E-state index in [1.54, 1.807) is 0 Å². The average Bonchev–Trinajstić information content (AvgIpc) is 3.12. The zero-order valence-electron chi connectivity index (χ0n) is 18.7. The Labute approximate surface area is 190 Å². The van der Waals surface area contributed by atoms with E-state index >= 15 is 0 Å². The summed E-state index contributed by atoms with van der Waals surface area (Å²) in [5.74, 6) is 2.26. The summed E-state index contributed by atoms with van der Waals surface area (Å²) in [6, 6.07) is 12.6. The van der Waals surface area contributed by atoms with Gasteiger partial charge in [0.25, 0.3) is 5.19 Å². The fraction of sp³-hybridized carbons (Fsp3) is 0.417. The molecule has 4 nitrogen and oxygen atoms in total. The first kappa shape index (κ1) is 24.3. The van der Waals surface area contributed by atoms with E-state index in [0.29, 0.717) is 16.9 Å². The third-order valence-electron chi connectivity index (χ3n) is 4.99. The van der Waals surface area contributed by atoms with Crippen LogP contribution in [0.1, 0.15) is 36.1 Å². The van der Waals surface area contributed by atoms with Crippen LogP contribution in [0.5, 0.6) is 10.9 Å². The van der Waals surface area contributed by atoms with E-state index in [2.05, 4.69) is 80.2 Å². The summed E-state index contributed by atoms with van der Waals surface area (Å²) < 4.78 is 10.5. The second-order valence-electron chi connectivity index (χ2n) is 8.30. The molecule has 0 amide bonds. The zero-order valence-corrected chi connectivity index (χ0v) is 20.4. The first-order valence-electron chi connectivity index (χ1n) is 10.2. The molecule has 0 saturated heterocycles. The Balaban J connectivity index is 0.00000320. The molecule has 2 aromatic carbocycles. The number of benzene rings is 2. The molecule has 0 saturated carbocycles. The normalized spacial score (nSPS) is 11.1. The van der Waals surface area contributed by atoms with Gasteiger partial charge in [0.15, 0.2) is 5.82 Å². The number of nitrogens with zero attached hydrogens (tertiary/aromatic N) is 3. The van der Waals surface area contributed by atoms with Crippen LogP contribution in [-0.2, 0) is 6.42 Å². The molecule has 30 heavy (non-hydrogen) atoms. The minimum atomic E-state index is 0. The number of halogens is 1. The van der Waals surface area contributed by atoms with Crippen LogP contribution >= 0.6 is 23.9 Å². The van der Waals surface area contributed by atoms with Crippen LogP contribution in [0, 0.1) is 26.7 Å². The summed E-state index contributed by atoms with van der Waals surface area (Å²) in [6.45, 7) is 13.0. The lowest BCUT2D eigenvalue weighted by atomic mass is 10.0. The molecule has 3 aromatic rings. The van der Waals surface area contributed by atoms with Gasteiger partial charge in [-0.25, -0.2) is 0 Å². The monoisotopic (exact) mass is 445 g/mol. The molecule has 0 N–H and O–H groups in total. The lowest BCUT2D eigenvalue weighted by Gasteiger charge is -2.20. The van der Waals surface area contributed by atoms with Gasteiger partial charge in [0, 0.05) is 30.2 Å². The second kappa shape index (κ2) is 10.9. The summed E-state index contributed by atoms with van der Waals surface area (Å²) in [5.41, 5.74) is 6.00. The Morgan fingerprint density at radius 3 is 2.40 bits per heavy atom. The van der Waals surface area contributed by atoms with Gasteiger partial charge in [-0.15, -0.1) is 12.4 Å². The molecule has 1 heterocycles. The van der Waals surface area contributed by atoms with Crippen molar-refractivity contribution in [2.45, 2.75) is 41.0 Å². The summed E-state index contributed by atoms with van der Waals surface area (Å²) in [5, 5.41) is 0.576. The van der Waals surface area contributed by atoms with Crippen molar-refractivity contribution in [3.63, 3.8) is 0 Å². The third-order valence-corrected chi connectivity index (χ3v) is 5.58. The fourth-order valence-electron chi connectivity index (χ4n) is 3.42. The van der Waals surface area contributed by atoms with Gasteiger partial charge in [-0.3, -0.25) is 0 Å². The van der Waals surface area contributed by atoms with Crippen molar-refractivity contribution in [3.8, 4) is 22.3 Å². The highest BCUT2D eigenvalue weighted by Gasteiger charge is 2.12. The SMILES string of the molecule is Cc1ccc(-c2nsc(Oc3cc(C)c(CCN(C)CC(C)C)cc3C)n2)cc1.Cl. The highest BCUT2D eigenvalue weighted by atomic mass is 35.5. The predicted octanol–water partition coefficient (Wildman–Crippen LogP) is 6.47. The molecule has 3 rings (SSSR count). The maximum Gasteiger partial charge on any atom is 0.299 e. The molecule has 0 bridgehead atoms. The van der Waals surface area contributed by atoms with Gasteiger partial charge in [0.1, 0.15) is 5.75 Å². The minimum absolute atomic E-state index is 0. The van der Waals surface area contributed by atoms with Crippen LogP contribution in [0.3, 0.4) is 0 Å². The maximum atomic E-state index is 6.08. The van der Waals surface area contributed by atoms with E-state index in [4.69, 9.17) is 4.74 Å². The van der Waals surface area contributed by atoms with E-state index in [1.807, 2.05) is 12.1 Å². The number of likely N-dealkylation sites (N-methyl/N-ethyl adjacent to an activating group) is 1. The van der Waals surface area contributed by atoms with Gasteiger partial charge in [-0.1, -0.05) is 49.7 Å². The number of rotatable bonds is 8. The molecule has 0 radical (unpaired) electrons. The Hall–Kier alpha value is -1.95. The van der Waals surface area contributed by atoms with E-state index in [0.717, 1.165) is 36.4 Å². The largest absolute Gasteiger partial charge is 0.430 e. The molecule has 0 unspecified atom stereocenters. The van der Waals surface area contributed by atoms with Crippen molar-refractivity contribution in [2.75, 3.05) is 20.1 Å². The lowest BCUT2D eigenvalue weighted by Crippen LogP contribution is -2.25. The van der Waals surface area contributed by atoms with Crippen molar-refractivity contribution in [1.29, 1.82) is 0 Å². The third kappa shape index (κ3) is 6.53. The molecule has 162 valence electrons. The van der Waals surface area contributed by atoms with E-state index < -0.39 is 0 Å². The molecular weight excluding hydrogens is 414 g/mol. The summed E-state index contributed by atoms with van der Waals surface area (Å²) in [4.78, 5) is 6.96. The predicted molar refractivity (Wildman–Crippen MR) is 129 cm³/mol. The highest BCUT2D eigenvalue weighted by molar-refractivity contribution is 7.07. The molecule has 6 heteroatoms. The van der Waals surface area contributed by atoms with E-state index in [1.165, 1.54) is 28.2 Å². The first-order chi connectivity index (χ1) is 13.8. The number of hydrogen-bond donors (Lipinski definition) is 0. The summed E-state index contributed by atoms with van der Waals surface area (Å²) in [6.07, 6.45) is 1.05. The van der Waals surface area contributed by atoms with Gasteiger partial charge in [-0.05, 0) is 62.9 Å². The van der Waals surface area contributed by atoms with Crippen molar-refractivity contribution >= 4 is 23.9 Å². The minimum Gasteiger partial charge on any atom is -0.430 e. The Morgan fingerprint density at radius 1 is 1.03 bits per heavy atom. The standard InChI is InChI=1S/C24H31N3OS.ClH/c1-16(2)15-27(6)12-11-21-13-19(5)22(14-18(21)4)28-24-25-23(26-29-24)20-9-7-17(3)8-10-20;/h7-10,13-14,16H,11-12,15H2,1-6H3;1H. The van der Waals surface area contributed by atoms with Crippen molar-refractivity contribution in [1.82, 2.24) is 14.3 Å². The number of hydrogen-bond acceptors (Lipinski definition) is 5. The molecule has 1 aromatic heterocycles.